The number of amides is 1. The summed E-state index contributed by atoms with van der Waals surface area (Å²) in [5.41, 5.74) is 1.24. The first kappa shape index (κ1) is 24.1. The molecule has 0 saturated carbocycles. The fourth-order valence-electron chi connectivity index (χ4n) is 5.70. The van der Waals surface area contributed by atoms with Crippen LogP contribution in [-0.4, -0.2) is 70.0 Å². The van der Waals surface area contributed by atoms with Crippen LogP contribution >= 0.6 is 0 Å². The van der Waals surface area contributed by atoms with Crippen LogP contribution in [0.4, 0.5) is 10.3 Å². The van der Waals surface area contributed by atoms with Crippen LogP contribution in [0.2, 0.25) is 0 Å². The molecular weight excluding hydrogens is 477 g/mol. The summed E-state index contributed by atoms with van der Waals surface area (Å²) in [6, 6.07) is 11.5. The molecule has 3 aliphatic rings. The molecule has 37 heavy (non-hydrogen) atoms. The third kappa shape index (κ3) is 4.41. The lowest BCUT2D eigenvalue weighted by molar-refractivity contribution is 0.0303. The quantitative estimate of drug-likeness (QED) is 0.582. The number of ether oxygens (including phenoxy) is 2. The molecule has 4 heterocycles. The van der Waals surface area contributed by atoms with Gasteiger partial charge in [-0.2, -0.15) is 0 Å². The highest BCUT2D eigenvalue weighted by Crippen LogP contribution is 2.42. The van der Waals surface area contributed by atoms with Gasteiger partial charge in [-0.25, -0.2) is 4.39 Å². The monoisotopic (exact) mass is 507 g/mol. The number of carbonyl (C=O) groups excluding carboxylic acids is 1. The van der Waals surface area contributed by atoms with Crippen molar-refractivity contribution < 1.29 is 23.1 Å². The van der Waals surface area contributed by atoms with Crippen LogP contribution in [0.15, 0.2) is 51.7 Å². The molecule has 3 saturated heterocycles. The first-order chi connectivity index (χ1) is 18.0. The molecule has 8 nitrogen and oxygen atoms in total. The zero-order chi connectivity index (χ0) is 25.4. The van der Waals surface area contributed by atoms with E-state index in [0.717, 1.165) is 12.0 Å². The summed E-state index contributed by atoms with van der Waals surface area (Å²) in [7, 11) is 0. The maximum Gasteiger partial charge on any atom is 0.254 e. The standard InChI is InChI=1S/C28H30FN3O5/c29-21-4-1-3-20(17-21)28(5-2-6-30-28)23-16-19(27(34)32-9-13-36-14-10-32)15-22-24(33)18-25(37-26(22)23)31-7-11-35-12-8-31/h1,3-4,15-18,30H,2,5-14H2/t28-/m1/s1. The summed E-state index contributed by atoms with van der Waals surface area (Å²) >= 11 is 0. The number of benzene rings is 2. The highest BCUT2D eigenvalue weighted by Gasteiger charge is 2.40. The van der Waals surface area contributed by atoms with Gasteiger partial charge in [0, 0.05) is 43.4 Å². The van der Waals surface area contributed by atoms with Crippen LogP contribution < -0.4 is 15.6 Å². The minimum absolute atomic E-state index is 0.157. The molecule has 1 N–H and O–H groups in total. The Morgan fingerprint density at radius 2 is 1.73 bits per heavy atom. The lowest BCUT2D eigenvalue weighted by atomic mass is 9.80. The predicted octanol–water partition coefficient (Wildman–Crippen LogP) is 2.87. The number of carbonyl (C=O) groups is 1. The van der Waals surface area contributed by atoms with E-state index in [1.165, 1.54) is 18.2 Å². The summed E-state index contributed by atoms with van der Waals surface area (Å²) in [5, 5.41) is 3.92. The van der Waals surface area contributed by atoms with Crippen molar-refractivity contribution in [2.75, 3.05) is 64.1 Å². The SMILES string of the molecule is O=C(c1cc([C@]2(c3cccc(F)c3)CCCN2)c2oc(N3CCOCC3)cc(=O)c2c1)N1CCOCC1. The van der Waals surface area contributed by atoms with Crippen molar-refractivity contribution in [3.8, 4) is 0 Å². The Morgan fingerprint density at radius 3 is 2.43 bits per heavy atom. The maximum absolute atomic E-state index is 14.4. The van der Waals surface area contributed by atoms with Gasteiger partial charge in [-0.05, 0) is 49.2 Å². The van der Waals surface area contributed by atoms with Gasteiger partial charge < -0.3 is 29.0 Å². The zero-order valence-corrected chi connectivity index (χ0v) is 20.6. The van der Waals surface area contributed by atoms with E-state index < -0.39 is 5.54 Å². The number of fused-ring (bicyclic) bond motifs is 1. The molecule has 6 rings (SSSR count). The van der Waals surface area contributed by atoms with Gasteiger partial charge in [-0.3, -0.25) is 9.59 Å². The molecule has 1 atom stereocenters. The fraction of sp³-hybridized carbons (Fsp3) is 0.429. The molecule has 2 aromatic carbocycles. The van der Waals surface area contributed by atoms with Crippen molar-refractivity contribution in [2.24, 2.45) is 0 Å². The molecule has 194 valence electrons. The molecule has 0 bridgehead atoms. The van der Waals surface area contributed by atoms with Crippen molar-refractivity contribution >= 4 is 22.8 Å². The van der Waals surface area contributed by atoms with E-state index in [1.807, 2.05) is 17.0 Å². The van der Waals surface area contributed by atoms with Gasteiger partial charge in [0.2, 0.25) is 0 Å². The lowest BCUT2D eigenvalue weighted by Crippen LogP contribution is -2.41. The molecule has 1 aromatic heterocycles. The van der Waals surface area contributed by atoms with Crippen LogP contribution in [-0.2, 0) is 15.0 Å². The second kappa shape index (κ2) is 9.89. The number of hydrogen-bond donors (Lipinski definition) is 1. The van der Waals surface area contributed by atoms with E-state index in [4.69, 9.17) is 13.9 Å². The first-order valence-corrected chi connectivity index (χ1v) is 12.9. The second-order valence-corrected chi connectivity index (χ2v) is 9.80. The Kier molecular flexibility index (Phi) is 6.44. The van der Waals surface area contributed by atoms with Crippen LogP contribution in [0, 0.1) is 5.82 Å². The Bertz CT molecular complexity index is 1370. The minimum atomic E-state index is -0.804. The Labute approximate surface area is 213 Å². The average molecular weight is 508 g/mol. The Morgan fingerprint density at radius 1 is 0.973 bits per heavy atom. The van der Waals surface area contributed by atoms with E-state index in [1.54, 1.807) is 17.0 Å². The van der Waals surface area contributed by atoms with E-state index in [2.05, 4.69) is 5.32 Å². The molecule has 0 spiro atoms. The molecule has 1 amide bonds. The lowest BCUT2D eigenvalue weighted by Gasteiger charge is -2.33. The third-order valence-corrected chi connectivity index (χ3v) is 7.62. The van der Waals surface area contributed by atoms with Crippen LogP contribution in [0.25, 0.3) is 11.0 Å². The van der Waals surface area contributed by atoms with Crippen LogP contribution in [0.3, 0.4) is 0 Å². The Balaban J connectivity index is 1.58. The number of nitrogens with one attached hydrogen (secondary N) is 1. The average Bonchev–Trinajstić information content (AvgIpc) is 3.44. The van der Waals surface area contributed by atoms with Gasteiger partial charge in [0.25, 0.3) is 5.91 Å². The summed E-state index contributed by atoms with van der Waals surface area (Å²) in [5.74, 6) is -0.0249. The van der Waals surface area contributed by atoms with Crippen LogP contribution in [0.1, 0.15) is 34.3 Å². The number of morpholine rings is 2. The molecule has 3 aromatic rings. The highest BCUT2D eigenvalue weighted by molar-refractivity contribution is 5.99. The molecular formula is C28H30FN3O5. The minimum Gasteiger partial charge on any atom is -0.440 e. The molecule has 0 radical (unpaired) electrons. The fourth-order valence-corrected chi connectivity index (χ4v) is 5.70. The van der Waals surface area contributed by atoms with Gasteiger partial charge in [-0.15, -0.1) is 0 Å². The maximum atomic E-state index is 14.4. The number of nitrogens with zero attached hydrogens (tertiary/aromatic N) is 2. The van der Waals surface area contributed by atoms with E-state index >= 15 is 0 Å². The van der Waals surface area contributed by atoms with Crippen molar-refractivity contribution in [3.05, 3.63) is 75.2 Å². The number of rotatable bonds is 4. The number of halogens is 1. The van der Waals surface area contributed by atoms with Gasteiger partial charge in [0.1, 0.15) is 11.4 Å². The topological polar surface area (TPSA) is 84.2 Å². The summed E-state index contributed by atoms with van der Waals surface area (Å²) in [6.07, 6.45) is 1.53. The first-order valence-electron chi connectivity index (χ1n) is 12.9. The third-order valence-electron chi connectivity index (χ3n) is 7.62. The summed E-state index contributed by atoms with van der Waals surface area (Å²) in [6.45, 7) is 4.99. The largest absolute Gasteiger partial charge is 0.440 e. The van der Waals surface area contributed by atoms with Crippen molar-refractivity contribution in [3.63, 3.8) is 0 Å². The highest BCUT2D eigenvalue weighted by atomic mass is 19.1. The van der Waals surface area contributed by atoms with Gasteiger partial charge in [-0.1, -0.05) is 12.1 Å². The molecule has 3 fully saturated rings. The van der Waals surface area contributed by atoms with Gasteiger partial charge in [0.15, 0.2) is 11.3 Å². The molecule has 9 heteroatoms. The van der Waals surface area contributed by atoms with Gasteiger partial charge in [0.05, 0.1) is 37.4 Å². The van der Waals surface area contributed by atoms with E-state index in [9.17, 15) is 14.0 Å². The molecule has 0 unspecified atom stereocenters. The summed E-state index contributed by atoms with van der Waals surface area (Å²) < 4.78 is 31.8. The number of hydrogen-bond acceptors (Lipinski definition) is 7. The zero-order valence-electron chi connectivity index (χ0n) is 20.6. The van der Waals surface area contributed by atoms with E-state index in [0.29, 0.717) is 93.6 Å². The van der Waals surface area contributed by atoms with Crippen molar-refractivity contribution in [1.82, 2.24) is 10.2 Å². The Hall–Kier alpha value is -3.27. The van der Waals surface area contributed by atoms with E-state index in [-0.39, 0.29) is 17.2 Å². The van der Waals surface area contributed by atoms with Gasteiger partial charge >= 0.3 is 0 Å². The smallest absolute Gasteiger partial charge is 0.254 e. The summed E-state index contributed by atoms with van der Waals surface area (Å²) in [4.78, 5) is 30.8. The van der Waals surface area contributed by atoms with Crippen LogP contribution in [0.5, 0.6) is 0 Å². The molecule has 0 aliphatic carbocycles. The number of anilines is 1. The second-order valence-electron chi connectivity index (χ2n) is 9.80. The molecule has 3 aliphatic heterocycles. The normalized spacial score (nSPS) is 22.5. The predicted molar refractivity (Wildman–Crippen MR) is 137 cm³/mol. The van der Waals surface area contributed by atoms with Crippen molar-refractivity contribution in [2.45, 2.75) is 18.4 Å². The van der Waals surface area contributed by atoms with Crippen molar-refractivity contribution in [1.29, 1.82) is 0 Å².